The Hall–Kier alpha value is -2.27. The third-order valence-corrected chi connectivity index (χ3v) is 3.30. The monoisotopic (exact) mass is 307 g/mol. The van der Waals surface area contributed by atoms with Crippen molar-refractivity contribution in [3.8, 4) is 0 Å². The van der Waals surface area contributed by atoms with Gasteiger partial charge in [0.05, 0.1) is 5.56 Å². The lowest BCUT2D eigenvalue weighted by Crippen LogP contribution is -2.28. The molecule has 0 unspecified atom stereocenters. The Morgan fingerprint density at radius 2 is 1.95 bits per heavy atom. The first-order chi connectivity index (χ1) is 9.99. The molecule has 0 aliphatic heterocycles. The molecule has 110 valence electrons. The Labute approximate surface area is 126 Å². The predicted octanol–water partition coefficient (Wildman–Crippen LogP) is 2.95. The second kappa shape index (κ2) is 6.45. The van der Waals surface area contributed by atoms with E-state index in [0.717, 1.165) is 0 Å². The maximum Gasteiger partial charge on any atom is 0.335 e. The number of amides is 1. The number of nitrogens with zero attached hydrogens (tertiary/aromatic N) is 1. The van der Waals surface area contributed by atoms with Crippen LogP contribution in [-0.4, -0.2) is 35.5 Å². The summed E-state index contributed by atoms with van der Waals surface area (Å²) in [6.07, 6.45) is 0.444. The van der Waals surface area contributed by atoms with Gasteiger partial charge in [0.2, 0.25) is 0 Å². The minimum absolute atomic E-state index is 0.156. The molecular formula is C15H14ClNO4. The van der Waals surface area contributed by atoms with E-state index in [0.29, 0.717) is 18.5 Å². The molecular weight excluding hydrogens is 294 g/mol. The summed E-state index contributed by atoms with van der Waals surface area (Å²) in [7, 11) is 1.63. The highest BCUT2D eigenvalue weighted by Gasteiger charge is 2.16. The van der Waals surface area contributed by atoms with Crippen LogP contribution in [0.15, 0.2) is 40.8 Å². The van der Waals surface area contributed by atoms with Gasteiger partial charge in [-0.1, -0.05) is 18.2 Å². The first-order valence-electron chi connectivity index (χ1n) is 6.31. The largest absolute Gasteiger partial charge is 0.478 e. The zero-order valence-electron chi connectivity index (χ0n) is 11.4. The zero-order chi connectivity index (χ0) is 15.4. The van der Waals surface area contributed by atoms with Gasteiger partial charge < -0.3 is 14.4 Å². The number of likely N-dealkylation sites (N-methyl/N-ethyl adjacent to an activating group) is 1. The zero-order valence-corrected chi connectivity index (χ0v) is 12.1. The van der Waals surface area contributed by atoms with Crippen LogP contribution in [-0.2, 0) is 6.42 Å². The Morgan fingerprint density at radius 3 is 2.57 bits per heavy atom. The molecule has 0 saturated heterocycles. The smallest absolute Gasteiger partial charge is 0.335 e. The Morgan fingerprint density at radius 1 is 1.24 bits per heavy atom. The minimum Gasteiger partial charge on any atom is -0.478 e. The van der Waals surface area contributed by atoms with E-state index < -0.39 is 5.97 Å². The van der Waals surface area contributed by atoms with Crippen molar-refractivity contribution in [3.63, 3.8) is 0 Å². The number of carboxylic acids is 1. The van der Waals surface area contributed by atoms with Gasteiger partial charge in [-0.3, -0.25) is 4.79 Å². The van der Waals surface area contributed by atoms with E-state index >= 15 is 0 Å². The van der Waals surface area contributed by atoms with E-state index in [2.05, 4.69) is 0 Å². The number of benzene rings is 1. The molecule has 0 saturated carbocycles. The number of rotatable bonds is 5. The SMILES string of the molecule is CN(CCc1ccccc1C(=O)O)C(=O)c1ccc(Cl)o1. The van der Waals surface area contributed by atoms with Gasteiger partial charge in [0.25, 0.3) is 5.91 Å². The predicted molar refractivity (Wildman–Crippen MR) is 77.8 cm³/mol. The van der Waals surface area contributed by atoms with Crippen molar-refractivity contribution >= 4 is 23.5 Å². The van der Waals surface area contributed by atoms with Crippen LogP contribution in [0.5, 0.6) is 0 Å². The molecule has 6 heteroatoms. The summed E-state index contributed by atoms with van der Waals surface area (Å²) in [4.78, 5) is 24.6. The van der Waals surface area contributed by atoms with E-state index in [1.807, 2.05) is 0 Å². The van der Waals surface area contributed by atoms with Crippen molar-refractivity contribution < 1.29 is 19.1 Å². The van der Waals surface area contributed by atoms with Gasteiger partial charge in [0.1, 0.15) is 0 Å². The molecule has 2 rings (SSSR count). The summed E-state index contributed by atoms with van der Waals surface area (Å²) in [6.45, 7) is 0.376. The van der Waals surface area contributed by atoms with E-state index in [1.165, 1.54) is 17.0 Å². The highest BCUT2D eigenvalue weighted by molar-refractivity contribution is 6.29. The topological polar surface area (TPSA) is 70.8 Å². The van der Waals surface area contributed by atoms with E-state index in [1.54, 1.807) is 31.3 Å². The average Bonchev–Trinajstić information content (AvgIpc) is 2.90. The number of carboxylic acid groups (broad SMARTS) is 1. The molecule has 1 N–H and O–H groups in total. The van der Waals surface area contributed by atoms with Gasteiger partial charge in [-0.2, -0.15) is 0 Å². The van der Waals surface area contributed by atoms with Crippen molar-refractivity contribution in [2.24, 2.45) is 0 Å². The molecule has 0 bridgehead atoms. The number of furan rings is 1. The second-order valence-electron chi connectivity index (χ2n) is 4.54. The van der Waals surface area contributed by atoms with Crippen LogP contribution in [0.4, 0.5) is 0 Å². The fraction of sp³-hybridized carbons (Fsp3) is 0.200. The standard InChI is InChI=1S/C15H14ClNO4/c1-17(14(18)12-6-7-13(16)21-12)9-8-10-4-2-3-5-11(10)15(19)20/h2-7H,8-9H2,1H3,(H,19,20). The number of aromatic carboxylic acids is 1. The van der Waals surface area contributed by atoms with Crippen molar-refractivity contribution in [1.82, 2.24) is 4.90 Å². The quantitative estimate of drug-likeness (QED) is 0.922. The van der Waals surface area contributed by atoms with Gasteiger partial charge in [-0.25, -0.2) is 4.79 Å². The highest BCUT2D eigenvalue weighted by atomic mass is 35.5. The molecule has 1 amide bonds. The van der Waals surface area contributed by atoms with Crippen LogP contribution < -0.4 is 0 Å². The Kier molecular flexibility index (Phi) is 4.65. The molecule has 21 heavy (non-hydrogen) atoms. The third kappa shape index (κ3) is 3.64. The molecule has 0 spiro atoms. The van der Waals surface area contributed by atoms with E-state index in [9.17, 15) is 9.59 Å². The van der Waals surface area contributed by atoms with E-state index in [-0.39, 0.29) is 22.5 Å². The van der Waals surface area contributed by atoms with Gasteiger partial charge in [0, 0.05) is 13.6 Å². The van der Waals surface area contributed by atoms with Crippen LogP contribution >= 0.6 is 11.6 Å². The van der Waals surface area contributed by atoms with E-state index in [4.69, 9.17) is 21.1 Å². The number of hydrogen-bond donors (Lipinski definition) is 1. The van der Waals surface area contributed by atoms with Crippen molar-refractivity contribution in [2.75, 3.05) is 13.6 Å². The summed E-state index contributed by atoms with van der Waals surface area (Å²) in [6, 6.07) is 9.74. The molecule has 1 aromatic heterocycles. The molecule has 1 heterocycles. The molecule has 5 nitrogen and oxygen atoms in total. The summed E-state index contributed by atoms with van der Waals surface area (Å²) in [5.41, 5.74) is 0.932. The first kappa shape index (κ1) is 15.1. The maximum atomic E-state index is 12.1. The minimum atomic E-state index is -0.975. The van der Waals surface area contributed by atoms with Gasteiger partial charge in [0.15, 0.2) is 11.0 Å². The van der Waals surface area contributed by atoms with Crippen molar-refractivity contribution in [3.05, 3.63) is 58.5 Å². The number of carbonyl (C=O) groups excluding carboxylic acids is 1. The molecule has 0 aliphatic carbocycles. The molecule has 0 fully saturated rings. The average molecular weight is 308 g/mol. The molecule has 0 radical (unpaired) electrons. The lowest BCUT2D eigenvalue weighted by Gasteiger charge is -2.16. The molecule has 0 aliphatic rings. The van der Waals surface area contributed by atoms with Gasteiger partial charge >= 0.3 is 5.97 Å². The summed E-state index contributed by atoms with van der Waals surface area (Å²) < 4.78 is 5.06. The summed E-state index contributed by atoms with van der Waals surface area (Å²) >= 11 is 5.64. The fourth-order valence-electron chi connectivity index (χ4n) is 1.95. The molecule has 2 aromatic rings. The van der Waals surface area contributed by atoms with Gasteiger partial charge in [-0.15, -0.1) is 0 Å². The normalized spacial score (nSPS) is 10.4. The number of carbonyl (C=O) groups is 2. The van der Waals surface area contributed by atoms with Crippen LogP contribution in [0.1, 0.15) is 26.5 Å². The molecule has 1 aromatic carbocycles. The lowest BCUT2D eigenvalue weighted by molar-refractivity contribution is 0.0695. The highest BCUT2D eigenvalue weighted by Crippen LogP contribution is 2.15. The second-order valence-corrected chi connectivity index (χ2v) is 4.92. The van der Waals surface area contributed by atoms with Crippen LogP contribution in [0.25, 0.3) is 0 Å². The molecule has 0 atom stereocenters. The van der Waals surface area contributed by atoms with Crippen LogP contribution in [0, 0.1) is 0 Å². The lowest BCUT2D eigenvalue weighted by atomic mass is 10.0. The van der Waals surface area contributed by atoms with Crippen LogP contribution in [0.3, 0.4) is 0 Å². The third-order valence-electron chi connectivity index (χ3n) is 3.10. The first-order valence-corrected chi connectivity index (χ1v) is 6.69. The Bertz CT molecular complexity index is 665. The van der Waals surface area contributed by atoms with Gasteiger partial charge in [-0.05, 0) is 41.8 Å². The van der Waals surface area contributed by atoms with Crippen LogP contribution in [0.2, 0.25) is 5.22 Å². The summed E-state index contributed by atoms with van der Waals surface area (Å²) in [5.74, 6) is -1.11. The van der Waals surface area contributed by atoms with Crippen molar-refractivity contribution in [2.45, 2.75) is 6.42 Å². The Balaban J connectivity index is 2.03. The number of hydrogen-bond acceptors (Lipinski definition) is 3. The summed E-state index contributed by atoms with van der Waals surface area (Å²) in [5, 5.41) is 9.27. The van der Waals surface area contributed by atoms with Crippen molar-refractivity contribution in [1.29, 1.82) is 0 Å². The number of halogens is 1. The fourth-order valence-corrected chi connectivity index (χ4v) is 2.10. The maximum absolute atomic E-state index is 12.1.